The number of halogens is 2. The highest BCUT2D eigenvalue weighted by atomic mass is 35.5. The Bertz CT molecular complexity index is 1050. The molecule has 3 aromatic rings. The van der Waals surface area contributed by atoms with Crippen molar-refractivity contribution in [3.05, 3.63) is 73.2 Å². The zero-order valence-electron chi connectivity index (χ0n) is 13.7. The lowest BCUT2D eigenvalue weighted by atomic mass is 10.2. The van der Waals surface area contributed by atoms with Crippen molar-refractivity contribution >= 4 is 39.8 Å². The Kier molecular flexibility index (Phi) is 5.59. The summed E-state index contributed by atoms with van der Waals surface area (Å²) in [5.41, 5.74) is -0.670. The molecule has 0 saturated carbocycles. The predicted molar refractivity (Wildman–Crippen MR) is 101 cm³/mol. The van der Waals surface area contributed by atoms with Gasteiger partial charge in [0, 0.05) is 11.1 Å². The molecule has 0 fully saturated rings. The summed E-state index contributed by atoms with van der Waals surface area (Å²) in [6.45, 7) is -0.154. The van der Waals surface area contributed by atoms with Gasteiger partial charge in [-0.3, -0.25) is 19.5 Å². The van der Waals surface area contributed by atoms with E-state index in [0.717, 1.165) is 10.6 Å². The number of nitrogens with zero attached hydrogens (tertiary/aromatic N) is 3. The zero-order valence-corrected chi connectivity index (χ0v) is 15.2. The standard InChI is InChI=1S/C17H13Cl2N3O5/c18-10-1-3-12(4-2-10)27-8-11(23)7-21-9-20-15-6-14(19)16(22(25)26)5-13(15)17(21)24/h1-6,9,11,23H,7-8H2/t11-/m0/s1. The molecule has 0 radical (unpaired) electrons. The number of aliphatic hydroxyl groups excluding tert-OH is 1. The topological polar surface area (TPSA) is 107 Å². The summed E-state index contributed by atoms with van der Waals surface area (Å²) in [4.78, 5) is 27.0. The summed E-state index contributed by atoms with van der Waals surface area (Å²) >= 11 is 11.6. The molecule has 0 bridgehead atoms. The maximum atomic E-state index is 12.6. The van der Waals surface area contributed by atoms with Crippen LogP contribution in [0.15, 0.2) is 47.5 Å². The molecule has 2 aromatic carbocycles. The Morgan fingerprint density at radius 2 is 1.96 bits per heavy atom. The SMILES string of the molecule is O=c1c2cc([N+](=O)[O-])c(Cl)cc2ncn1C[C@H](O)COc1ccc(Cl)cc1. The summed E-state index contributed by atoms with van der Waals surface area (Å²) in [6, 6.07) is 8.96. The Morgan fingerprint density at radius 1 is 1.26 bits per heavy atom. The van der Waals surface area contributed by atoms with Gasteiger partial charge in [0.1, 0.15) is 23.5 Å². The van der Waals surface area contributed by atoms with E-state index in [-0.39, 0.29) is 34.8 Å². The third-order valence-electron chi connectivity index (χ3n) is 3.75. The van der Waals surface area contributed by atoms with E-state index in [0.29, 0.717) is 10.8 Å². The van der Waals surface area contributed by atoms with Gasteiger partial charge < -0.3 is 9.84 Å². The highest BCUT2D eigenvalue weighted by Crippen LogP contribution is 2.27. The number of benzene rings is 2. The number of hydrogen-bond donors (Lipinski definition) is 1. The van der Waals surface area contributed by atoms with Gasteiger partial charge in [-0.15, -0.1) is 0 Å². The van der Waals surface area contributed by atoms with Gasteiger partial charge in [-0.2, -0.15) is 0 Å². The smallest absolute Gasteiger partial charge is 0.288 e. The van der Waals surface area contributed by atoms with Crippen LogP contribution >= 0.6 is 23.2 Å². The molecule has 3 rings (SSSR count). The summed E-state index contributed by atoms with van der Waals surface area (Å²) in [6.07, 6.45) is 0.248. The normalized spacial score (nSPS) is 12.1. The van der Waals surface area contributed by atoms with Gasteiger partial charge in [0.25, 0.3) is 11.2 Å². The minimum absolute atomic E-state index is 0.0411. The number of aliphatic hydroxyl groups is 1. The molecule has 1 N–H and O–H groups in total. The maximum absolute atomic E-state index is 12.6. The lowest BCUT2D eigenvalue weighted by molar-refractivity contribution is -0.384. The van der Waals surface area contributed by atoms with E-state index in [2.05, 4.69) is 4.98 Å². The van der Waals surface area contributed by atoms with Crippen LogP contribution in [-0.4, -0.2) is 32.3 Å². The van der Waals surface area contributed by atoms with Crippen LogP contribution < -0.4 is 10.3 Å². The highest BCUT2D eigenvalue weighted by Gasteiger charge is 2.17. The molecule has 0 aliphatic rings. The fourth-order valence-electron chi connectivity index (χ4n) is 2.44. The van der Waals surface area contributed by atoms with E-state index in [4.69, 9.17) is 27.9 Å². The molecule has 0 aliphatic carbocycles. The van der Waals surface area contributed by atoms with Crippen LogP contribution in [0.2, 0.25) is 10.0 Å². The minimum atomic E-state index is -1.00. The average molecular weight is 410 g/mol. The second-order valence-electron chi connectivity index (χ2n) is 5.70. The molecule has 1 aromatic heterocycles. The first-order chi connectivity index (χ1) is 12.8. The van der Waals surface area contributed by atoms with Crippen molar-refractivity contribution in [3.63, 3.8) is 0 Å². The third-order valence-corrected chi connectivity index (χ3v) is 4.31. The van der Waals surface area contributed by atoms with Crippen molar-refractivity contribution < 1.29 is 14.8 Å². The van der Waals surface area contributed by atoms with E-state index in [1.807, 2.05) is 0 Å². The number of nitro benzene ring substituents is 1. The van der Waals surface area contributed by atoms with E-state index in [1.165, 1.54) is 12.4 Å². The second kappa shape index (κ2) is 7.91. The van der Waals surface area contributed by atoms with Gasteiger partial charge in [0.2, 0.25) is 0 Å². The molecular weight excluding hydrogens is 397 g/mol. The maximum Gasteiger partial charge on any atom is 0.288 e. The molecule has 10 heteroatoms. The summed E-state index contributed by atoms with van der Waals surface area (Å²) in [5.74, 6) is 0.521. The fraction of sp³-hybridized carbons (Fsp3) is 0.176. The molecule has 27 heavy (non-hydrogen) atoms. The third kappa shape index (κ3) is 4.36. The Morgan fingerprint density at radius 3 is 2.63 bits per heavy atom. The quantitative estimate of drug-likeness (QED) is 0.495. The van der Waals surface area contributed by atoms with Crippen molar-refractivity contribution in [1.29, 1.82) is 0 Å². The fourth-order valence-corrected chi connectivity index (χ4v) is 2.79. The van der Waals surface area contributed by atoms with E-state index < -0.39 is 16.6 Å². The summed E-state index contributed by atoms with van der Waals surface area (Å²) in [7, 11) is 0. The Balaban J connectivity index is 1.78. The Hall–Kier alpha value is -2.68. The molecule has 0 spiro atoms. The first-order valence-corrected chi connectivity index (χ1v) is 8.50. The van der Waals surface area contributed by atoms with Crippen LogP contribution in [0.25, 0.3) is 10.9 Å². The van der Waals surface area contributed by atoms with Crippen molar-refractivity contribution in [2.45, 2.75) is 12.6 Å². The van der Waals surface area contributed by atoms with Crippen LogP contribution in [-0.2, 0) is 6.54 Å². The average Bonchev–Trinajstić information content (AvgIpc) is 2.63. The van der Waals surface area contributed by atoms with Gasteiger partial charge in [0.15, 0.2) is 0 Å². The number of aromatic nitrogens is 2. The number of hydrogen-bond acceptors (Lipinski definition) is 6. The molecular formula is C17H13Cl2N3O5. The lowest BCUT2D eigenvalue weighted by Crippen LogP contribution is -2.30. The molecule has 0 aliphatic heterocycles. The van der Waals surface area contributed by atoms with Crippen LogP contribution in [0, 0.1) is 10.1 Å². The van der Waals surface area contributed by atoms with Gasteiger partial charge in [-0.25, -0.2) is 4.98 Å². The van der Waals surface area contributed by atoms with Crippen LogP contribution in [0.1, 0.15) is 0 Å². The van der Waals surface area contributed by atoms with Crippen LogP contribution in [0.4, 0.5) is 5.69 Å². The number of rotatable bonds is 6. The number of nitro groups is 1. The van der Waals surface area contributed by atoms with E-state index in [9.17, 15) is 20.0 Å². The molecule has 0 unspecified atom stereocenters. The first kappa shape index (κ1) is 19.1. The molecule has 0 saturated heterocycles. The Labute approximate surface area is 162 Å². The van der Waals surface area contributed by atoms with Crippen molar-refractivity contribution in [2.24, 2.45) is 0 Å². The molecule has 0 amide bonds. The molecule has 8 nitrogen and oxygen atoms in total. The molecule has 140 valence electrons. The number of ether oxygens (including phenoxy) is 1. The molecule has 1 heterocycles. The zero-order chi connectivity index (χ0) is 19.6. The van der Waals surface area contributed by atoms with Crippen LogP contribution in [0.5, 0.6) is 5.75 Å². The lowest BCUT2D eigenvalue weighted by Gasteiger charge is -2.14. The first-order valence-electron chi connectivity index (χ1n) is 7.74. The van der Waals surface area contributed by atoms with E-state index >= 15 is 0 Å². The summed E-state index contributed by atoms with van der Waals surface area (Å²) in [5, 5.41) is 21.6. The van der Waals surface area contributed by atoms with Gasteiger partial charge in [-0.05, 0) is 30.3 Å². The molecule has 1 atom stereocenters. The van der Waals surface area contributed by atoms with Gasteiger partial charge >= 0.3 is 0 Å². The van der Waals surface area contributed by atoms with Gasteiger partial charge in [-0.1, -0.05) is 23.2 Å². The van der Waals surface area contributed by atoms with Crippen molar-refractivity contribution in [2.75, 3.05) is 6.61 Å². The second-order valence-corrected chi connectivity index (χ2v) is 6.54. The summed E-state index contributed by atoms with van der Waals surface area (Å²) < 4.78 is 6.60. The predicted octanol–water partition coefficient (Wildman–Crippen LogP) is 3.05. The van der Waals surface area contributed by atoms with Crippen molar-refractivity contribution in [1.82, 2.24) is 9.55 Å². The van der Waals surface area contributed by atoms with Crippen LogP contribution in [0.3, 0.4) is 0 Å². The largest absolute Gasteiger partial charge is 0.491 e. The van der Waals surface area contributed by atoms with Crippen molar-refractivity contribution in [3.8, 4) is 5.75 Å². The minimum Gasteiger partial charge on any atom is -0.491 e. The van der Waals surface area contributed by atoms with Gasteiger partial charge in [0.05, 0.1) is 28.7 Å². The number of fused-ring (bicyclic) bond motifs is 1. The highest BCUT2D eigenvalue weighted by molar-refractivity contribution is 6.33. The van der Waals surface area contributed by atoms with E-state index in [1.54, 1.807) is 24.3 Å². The monoisotopic (exact) mass is 409 g/mol.